The van der Waals surface area contributed by atoms with E-state index in [2.05, 4.69) is 47.4 Å². The second-order valence-electron chi connectivity index (χ2n) is 7.91. The number of benzene rings is 2. The van der Waals surface area contributed by atoms with Gasteiger partial charge in [0.25, 0.3) is 5.91 Å². The van der Waals surface area contributed by atoms with E-state index >= 15 is 0 Å². The van der Waals surface area contributed by atoms with Crippen LogP contribution in [-0.2, 0) is 5.41 Å². The van der Waals surface area contributed by atoms with Gasteiger partial charge in [0.15, 0.2) is 0 Å². The lowest BCUT2D eigenvalue weighted by Crippen LogP contribution is -2.17. The molecule has 5 heteroatoms. The molecule has 3 aromatic rings. The molecular formula is C23H26N4O. The van der Waals surface area contributed by atoms with Crippen LogP contribution in [0.1, 0.15) is 48.1 Å². The Bertz CT molecular complexity index is 1010. The molecule has 0 atom stereocenters. The molecule has 28 heavy (non-hydrogen) atoms. The summed E-state index contributed by atoms with van der Waals surface area (Å²) in [4.78, 5) is 21.6. The number of rotatable bonds is 4. The molecule has 0 aliphatic carbocycles. The molecule has 0 spiro atoms. The van der Waals surface area contributed by atoms with E-state index in [0.29, 0.717) is 11.6 Å². The third-order valence-electron chi connectivity index (χ3n) is 4.46. The minimum absolute atomic E-state index is 0.0293. The van der Waals surface area contributed by atoms with Crippen LogP contribution in [0.2, 0.25) is 0 Å². The van der Waals surface area contributed by atoms with Gasteiger partial charge in [0.2, 0.25) is 5.95 Å². The Hall–Kier alpha value is -3.21. The van der Waals surface area contributed by atoms with Crippen molar-refractivity contribution in [2.45, 2.75) is 40.0 Å². The summed E-state index contributed by atoms with van der Waals surface area (Å²) in [5, 5.41) is 6.21. The van der Waals surface area contributed by atoms with Gasteiger partial charge in [-0.1, -0.05) is 57.2 Å². The van der Waals surface area contributed by atoms with Crippen molar-refractivity contribution < 1.29 is 4.79 Å². The van der Waals surface area contributed by atoms with Crippen molar-refractivity contribution in [3.05, 3.63) is 77.1 Å². The normalized spacial score (nSPS) is 11.2. The highest BCUT2D eigenvalue weighted by molar-refractivity contribution is 6.03. The molecule has 2 aromatic carbocycles. The van der Waals surface area contributed by atoms with Crippen LogP contribution < -0.4 is 10.6 Å². The number of hydrogen-bond acceptors (Lipinski definition) is 4. The lowest BCUT2D eigenvalue weighted by Gasteiger charge is -2.23. The van der Waals surface area contributed by atoms with E-state index in [9.17, 15) is 4.79 Å². The van der Waals surface area contributed by atoms with Crippen molar-refractivity contribution in [2.75, 3.05) is 10.6 Å². The van der Waals surface area contributed by atoms with Crippen LogP contribution in [-0.4, -0.2) is 15.9 Å². The quantitative estimate of drug-likeness (QED) is 0.643. The zero-order chi connectivity index (χ0) is 20.3. The number of carbonyl (C=O) groups excluding carboxylic acids is 1. The largest absolute Gasteiger partial charge is 0.324 e. The topological polar surface area (TPSA) is 66.9 Å². The Morgan fingerprint density at radius 1 is 0.893 bits per heavy atom. The number of anilines is 3. The molecule has 144 valence electrons. The zero-order valence-electron chi connectivity index (χ0n) is 17.0. The highest BCUT2D eigenvalue weighted by Crippen LogP contribution is 2.30. The zero-order valence-corrected chi connectivity index (χ0v) is 17.0. The van der Waals surface area contributed by atoms with Crippen molar-refractivity contribution in [1.29, 1.82) is 0 Å². The summed E-state index contributed by atoms with van der Waals surface area (Å²) in [6.45, 7) is 10.3. The standard InChI is InChI=1S/C23H26N4O/c1-15-10-6-8-12-18(15)25-21(28)20-14-16(2)24-22(27-20)26-19-13-9-7-11-17(19)23(3,4)5/h6-14H,1-5H3,(H,25,28)(H,24,26,27). The predicted molar refractivity (Wildman–Crippen MR) is 114 cm³/mol. The van der Waals surface area contributed by atoms with Crippen LogP contribution in [0.5, 0.6) is 0 Å². The van der Waals surface area contributed by atoms with Gasteiger partial charge in [0, 0.05) is 17.1 Å². The molecule has 1 aromatic heterocycles. The number of aromatic nitrogens is 2. The van der Waals surface area contributed by atoms with Gasteiger partial charge in [-0.3, -0.25) is 4.79 Å². The Balaban J connectivity index is 1.89. The van der Waals surface area contributed by atoms with Gasteiger partial charge in [-0.05, 0) is 48.6 Å². The molecule has 0 saturated carbocycles. The van der Waals surface area contributed by atoms with E-state index in [1.807, 2.05) is 56.3 Å². The Morgan fingerprint density at radius 3 is 2.21 bits per heavy atom. The van der Waals surface area contributed by atoms with Crippen molar-refractivity contribution in [3.63, 3.8) is 0 Å². The van der Waals surface area contributed by atoms with Crippen LogP contribution >= 0.6 is 0 Å². The van der Waals surface area contributed by atoms with Gasteiger partial charge in [0.05, 0.1) is 0 Å². The highest BCUT2D eigenvalue weighted by atomic mass is 16.1. The summed E-state index contributed by atoms with van der Waals surface area (Å²) in [5.41, 5.74) is 4.89. The second kappa shape index (κ2) is 7.80. The summed E-state index contributed by atoms with van der Waals surface area (Å²) in [5.74, 6) is 0.151. The summed E-state index contributed by atoms with van der Waals surface area (Å²) in [6.07, 6.45) is 0. The molecule has 0 bridgehead atoms. The maximum Gasteiger partial charge on any atom is 0.274 e. The molecule has 0 aliphatic heterocycles. The van der Waals surface area contributed by atoms with Crippen LogP contribution in [0.3, 0.4) is 0 Å². The first kappa shape index (κ1) is 19.5. The van der Waals surface area contributed by atoms with Gasteiger partial charge in [0.1, 0.15) is 5.69 Å². The third-order valence-corrected chi connectivity index (χ3v) is 4.46. The Labute approximate surface area is 166 Å². The first-order valence-electron chi connectivity index (χ1n) is 9.33. The fourth-order valence-electron chi connectivity index (χ4n) is 3.01. The van der Waals surface area contributed by atoms with Crippen LogP contribution in [0.25, 0.3) is 0 Å². The van der Waals surface area contributed by atoms with Crippen molar-refractivity contribution in [3.8, 4) is 0 Å². The molecule has 1 amide bonds. The summed E-state index contributed by atoms with van der Waals surface area (Å²) in [7, 11) is 0. The molecule has 0 radical (unpaired) electrons. The SMILES string of the molecule is Cc1cc(C(=O)Nc2ccccc2C)nc(Nc2ccccc2C(C)(C)C)n1. The maximum atomic E-state index is 12.7. The van der Waals surface area contributed by atoms with E-state index in [1.54, 1.807) is 6.07 Å². The highest BCUT2D eigenvalue weighted by Gasteiger charge is 2.18. The minimum Gasteiger partial charge on any atom is -0.324 e. The Morgan fingerprint density at radius 2 is 1.54 bits per heavy atom. The van der Waals surface area contributed by atoms with Crippen LogP contribution in [0.4, 0.5) is 17.3 Å². The van der Waals surface area contributed by atoms with Gasteiger partial charge < -0.3 is 10.6 Å². The van der Waals surface area contributed by atoms with Crippen molar-refractivity contribution >= 4 is 23.2 Å². The molecule has 0 unspecified atom stereocenters. The summed E-state index contributed by atoms with van der Waals surface area (Å²) < 4.78 is 0. The summed E-state index contributed by atoms with van der Waals surface area (Å²) >= 11 is 0. The maximum absolute atomic E-state index is 12.7. The molecular weight excluding hydrogens is 348 g/mol. The fourth-order valence-corrected chi connectivity index (χ4v) is 3.01. The molecule has 2 N–H and O–H groups in total. The van der Waals surface area contributed by atoms with Crippen LogP contribution in [0.15, 0.2) is 54.6 Å². The van der Waals surface area contributed by atoms with Gasteiger partial charge in [-0.2, -0.15) is 0 Å². The first-order chi connectivity index (χ1) is 13.2. The van der Waals surface area contributed by atoms with E-state index in [0.717, 1.165) is 28.2 Å². The Kier molecular flexibility index (Phi) is 5.45. The fraction of sp³-hybridized carbons (Fsp3) is 0.261. The lowest BCUT2D eigenvalue weighted by atomic mass is 9.86. The number of carbonyl (C=O) groups is 1. The molecule has 0 saturated heterocycles. The van der Waals surface area contributed by atoms with Crippen molar-refractivity contribution in [2.24, 2.45) is 0 Å². The van der Waals surface area contributed by atoms with Gasteiger partial charge in [-0.25, -0.2) is 9.97 Å². The minimum atomic E-state index is -0.257. The number of nitrogens with zero attached hydrogens (tertiary/aromatic N) is 2. The molecule has 3 rings (SSSR count). The van der Waals surface area contributed by atoms with E-state index in [1.165, 1.54) is 0 Å². The monoisotopic (exact) mass is 374 g/mol. The van der Waals surface area contributed by atoms with Crippen molar-refractivity contribution in [1.82, 2.24) is 9.97 Å². The number of amides is 1. The molecule has 0 aliphatic rings. The summed E-state index contributed by atoms with van der Waals surface area (Å²) in [6, 6.07) is 17.4. The van der Waals surface area contributed by atoms with E-state index < -0.39 is 0 Å². The number of nitrogens with one attached hydrogen (secondary N) is 2. The lowest BCUT2D eigenvalue weighted by molar-refractivity contribution is 0.102. The molecule has 0 fully saturated rings. The van der Waals surface area contributed by atoms with E-state index in [-0.39, 0.29) is 11.3 Å². The third kappa shape index (κ3) is 4.55. The number of para-hydroxylation sites is 2. The van der Waals surface area contributed by atoms with Crippen LogP contribution in [0, 0.1) is 13.8 Å². The van der Waals surface area contributed by atoms with Gasteiger partial charge >= 0.3 is 0 Å². The molecule has 5 nitrogen and oxygen atoms in total. The predicted octanol–water partition coefficient (Wildman–Crippen LogP) is 5.39. The average Bonchev–Trinajstić information content (AvgIpc) is 2.62. The second-order valence-corrected chi connectivity index (χ2v) is 7.91. The van der Waals surface area contributed by atoms with E-state index in [4.69, 9.17) is 0 Å². The molecule has 1 heterocycles. The first-order valence-corrected chi connectivity index (χ1v) is 9.33. The number of aryl methyl sites for hydroxylation is 2. The van der Waals surface area contributed by atoms with Gasteiger partial charge in [-0.15, -0.1) is 0 Å². The smallest absolute Gasteiger partial charge is 0.274 e. The average molecular weight is 374 g/mol. The number of hydrogen-bond donors (Lipinski definition) is 2.